The monoisotopic (exact) mass is 260 g/mol. The fraction of sp³-hybridized carbons (Fsp3) is 0.250. The first kappa shape index (κ1) is 11.2. The van der Waals surface area contributed by atoms with E-state index in [1.54, 1.807) is 10.9 Å². The molecule has 1 aliphatic heterocycles. The first-order valence-corrected chi connectivity index (χ1v) is 6.36. The molecule has 18 heavy (non-hydrogen) atoms. The zero-order valence-electron chi connectivity index (χ0n) is 10.1. The van der Waals surface area contributed by atoms with Gasteiger partial charge < -0.3 is 5.73 Å². The number of carbonyl (C=O) groups excluding carboxylic acids is 1. The van der Waals surface area contributed by atoms with Crippen molar-refractivity contribution in [1.29, 1.82) is 0 Å². The van der Waals surface area contributed by atoms with Crippen molar-refractivity contribution in [2.45, 2.75) is 13.3 Å². The SMILES string of the molecule is Cc1c(-c2cnn(C)c2)sc2c1C(=O)CC(N)=N2. The molecule has 2 N–H and O–H groups in total. The highest BCUT2D eigenvalue weighted by Gasteiger charge is 2.26. The van der Waals surface area contributed by atoms with Crippen LogP contribution in [0.5, 0.6) is 0 Å². The van der Waals surface area contributed by atoms with E-state index in [0.717, 1.165) is 21.0 Å². The summed E-state index contributed by atoms with van der Waals surface area (Å²) in [5, 5.41) is 4.87. The normalized spacial score (nSPS) is 14.6. The highest BCUT2D eigenvalue weighted by atomic mass is 32.1. The zero-order valence-corrected chi connectivity index (χ0v) is 10.9. The summed E-state index contributed by atoms with van der Waals surface area (Å²) in [6.07, 6.45) is 3.95. The molecule has 0 unspecified atom stereocenters. The van der Waals surface area contributed by atoms with E-state index in [-0.39, 0.29) is 12.2 Å². The van der Waals surface area contributed by atoms with E-state index in [1.165, 1.54) is 11.3 Å². The number of aliphatic imine (C=N–C) groups is 1. The van der Waals surface area contributed by atoms with Gasteiger partial charge in [-0.25, -0.2) is 4.99 Å². The molecule has 0 amide bonds. The Balaban J connectivity index is 2.20. The van der Waals surface area contributed by atoms with Gasteiger partial charge in [0.05, 0.1) is 18.2 Å². The second-order valence-corrected chi connectivity index (χ2v) is 5.34. The molecule has 0 bridgehead atoms. The van der Waals surface area contributed by atoms with Crippen molar-refractivity contribution in [1.82, 2.24) is 9.78 Å². The van der Waals surface area contributed by atoms with Gasteiger partial charge in [0.2, 0.25) is 0 Å². The van der Waals surface area contributed by atoms with E-state index in [0.29, 0.717) is 11.4 Å². The Kier molecular flexibility index (Phi) is 2.34. The van der Waals surface area contributed by atoms with Gasteiger partial charge in [0.15, 0.2) is 5.78 Å². The maximum absolute atomic E-state index is 12.0. The maximum atomic E-state index is 12.0. The van der Waals surface area contributed by atoms with Crippen molar-refractivity contribution in [2.75, 3.05) is 0 Å². The Morgan fingerprint density at radius 2 is 2.28 bits per heavy atom. The van der Waals surface area contributed by atoms with E-state index >= 15 is 0 Å². The number of nitrogens with zero attached hydrogens (tertiary/aromatic N) is 3. The van der Waals surface area contributed by atoms with Crippen LogP contribution in [0.15, 0.2) is 17.4 Å². The average Bonchev–Trinajstić information content (AvgIpc) is 2.83. The van der Waals surface area contributed by atoms with Crippen molar-refractivity contribution in [2.24, 2.45) is 17.8 Å². The third-order valence-electron chi connectivity index (χ3n) is 2.96. The van der Waals surface area contributed by atoms with E-state index in [9.17, 15) is 4.79 Å². The number of thiophene rings is 1. The molecule has 0 atom stereocenters. The average molecular weight is 260 g/mol. The van der Waals surface area contributed by atoms with Gasteiger partial charge in [-0.3, -0.25) is 9.48 Å². The molecule has 0 saturated carbocycles. The van der Waals surface area contributed by atoms with E-state index in [4.69, 9.17) is 5.73 Å². The number of hydrogen-bond donors (Lipinski definition) is 1. The van der Waals surface area contributed by atoms with Crippen LogP contribution < -0.4 is 5.73 Å². The van der Waals surface area contributed by atoms with Crippen LogP contribution in [0.3, 0.4) is 0 Å². The van der Waals surface area contributed by atoms with Crippen molar-refractivity contribution < 1.29 is 4.79 Å². The topological polar surface area (TPSA) is 73.3 Å². The molecular formula is C12H12N4OS. The molecule has 3 rings (SSSR count). The van der Waals surface area contributed by atoms with Gasteiger partial charge >= 0.3 is 0 Å². The first-order valence-electron chi connectivity index (χ1n) is 5.55. The molecule has 0 radical (unpaired) electrons. The van der Waals surface area contributed by atoms with Crippen molar-refractivity contribution in [3.63, 3.8) is 0 Å². The summed E-state index contributed by atoms with van der Waals surface area (Å²) in [5.74, 6) is 0.452. The predicted molar refractivity (Wildman–Crippen MR) is 71.5 cm³/mol. The molecule has 6 heteroatoms. The summed E-state index contributed by atoms with van der Waals surface area (Å²) < 4.78 is 1.74. The van der Waals surface area contributed by atoms with Crippen LogP contribution in [0.2, 0.25) is 0 Å². The molecular weight excluding hydrogens is 248 g/mol. The van der Waals surface area contributed by atoms with Gasteiger partial charge in [0.25, 0.3) is 0 Å². The van der Waals surface area contributed by atoms with E-state index in [1.807, 2.05) is 20.2 Å². The molecule has 3 heterocycles. The number of aromatic nitrogens is 2. The molecule has 0 fully saturated rings. The molecule has 0 aromatic carbocycles. The smallest absolute Gasteiger partial charge is 0.173 e. The summed E-state index contributed by atoms with van der Waals surface area (Å²) >= 11 is 1.49. The number of hydrogen-bond acceptors (Lipinski definition) is 5. The molecule has 0 spiro atoms. The Morgan fingerprint density at radius 1 is 1.50 bits per heavy atom. The minimum atomic E-state index is 0.0568. The van der Waals surface area contributed by atoms with Crippen LogP contribution in [0.1, 0.15) is 22.3 Å². The van der Waals surface area contributed by atoms with Crippen LogP contribution in [0, 0.1) is 6.92 Å². The zero-order chi connectivity index (χ0) is 12.9. The highest BCUT2D eigenvalue weighted by Crippen LogP contribution is 2.43. The molecule has 2 aromatic rings. The van der Waals surface area contributed by atoms with Gasteiger partial charge in [0.1, 0.15) is 10.8 Å². The number of fused-ring (bicyclic) bond motifs is 1. The Bertz CT molecular complexity index is 680. The largest absolute Gasteiger partial charge is 0.387 e. The van der Waals surface area contributed by atoms with Crippen LogP contribution in [-0.4, -0.2) is 21.4 Å². The van der Waals surface area contributed by atoms with Crippen molar-refractivity contribution in [3.05, 3.63) is 23.5 Å². The lowest BCUT2D eigenvalue weighted by molar-refractivity contribution is 0.0999. The second-order valence-electron chi connectivity index (χ2n) is 4.34. The fourth-order valence-corrected chi connectivity index (χ4v) is 3.35. The molecule has 2 aromatic heterocycles. The predicted octanol–water partition coefficient (Wildman–Crippen LogP) is 2.03. The third-order valence-corrected chi connectivity index (χ3v) is 4.20. The quantitative estimate of drug-likeness (QED) is 0.852. The number of amidine groups is 1. The molecule has 1 aliphatic rings. The summed E-state index contributed by atoms with van der Waals surface area (Å²) in [5.41, 5.74) is 8.36. The van der Waals surface area contributed by atoms with Crippen molar-refractivity contribution >= 4 is 28.0 Å². The molecule has 92 valence electrons. The molecule has 5 nitrogen and oxygen atoms in total. The standard InChI is InChI=1S/C12H12N4OS/c1-6-10-8(17)3-9(13)15-12(10)18-11(6)7-4-14-16(2)5-7/h4-5H,3H2,1-2H3,(H2,13,15). The van der Waals surface area contributed by atoms with E-state index in [2.05, 4.69) is 10.1 Å². The summed E-state index contributed by atoms with van der Waals surface area (Å²) in [4.78, 5) is 17.3. The number of aryl methyl sites for hydroxylation is 1. The lowest BCUT2D eigenvalue weighted by Gasteiger charge is -2.07. The summed E-state index contributed by atoms with van der Waals surface area (Å²) in [6.45, 7) is 1.95. The maximum Gasteiger partial charge on any atom is 0.173 e. The number of rotatable bonds is 1. The highest BCUT2D eigenvalue weighted by molar-refractivity contribution is 7.20. The van der Waals surface area contributed by atoms with Crippen LogP contribution in [0.4, 0.5) is 5.00 Å². The third kappa shape index (κ3) is 1.57. The minimum Gasteiger partial charge on any atom is -0.387 e. The van der Waals surface area contributed by atoms with Gasteiger partial charge in [-0.2, -0.15) is 5.10 Å². The van der Waals surface area contributed by atoms with Crippen molar-refractivity contribution in [3.8, 4) is 10.4 Å². The Labute approximate surface area is 108 Å². The van der Waals surface area contributed by atoms with Gasteiger partial charge in [-0.05, 0) is 12.5 Å². The van der Waals surface area contributed by atoms with E-state index < -0.39 is 0 Å². The van der Waals surface area contributed by atoms with Gasteiger partial charge in [-0.1, -0.05) is 0 Å². The molecule has 0 saturated heterocycles. The Morgan fingerprint density at radius 3 is 2.94 bits per heavy atom. The lowest BCUT2D eigenvalue weighted by Crippen LogP contribution is -2.20. The van der Waals surface area contributed by atoms with Crippen LogP contribution in [0.25, 0.3) is 10.4 Å². The molecule has 0 aliphatic carbocycles. The Hall–Kier alpha value is -1.95. The fourth-order valence-electron chi connectivity index (χ4n) is 2.14. The minimum absolute atomic E-state index is 0.0568. The number of Topliss-reactive ketones (excluding diaryl/α,β-unsaturated/α-hetero) is 1. The summed E-state index contributed by atoms with van der Waals surface area (Å²) in [7, 11) is 1.87. The van der Waals surface area contributed by atoms with Gasteiger partial charge in [0, 0.05) is 23.7 Å². The van der Waals surface area contributed by atoms with Gasteiger partial charge in [-0.15, -0.1) is 11.3 Å². The first-order chi connectivity index (χ1) is 8.56. The number of carbonyl (C=O) groups is 1. The van der Waals surface area contributed by atoms with Crippen LogP contribution >= 0.6 is 11.3 Å². The van der Waals surface area contributed by atoms with Crippen LogP contribution in [-0.2, 0) is 7.05 Å². The second kappa shape index (κ2) is 3.78. The number of nitrogens with two attached hydrogens (primary N) is 1. The lowest BCUT2D eigenvalue weighted by atomic mass is 10.0. The number of ketones is 1. The summed E-state index contributed by atoms with van der Waals surface area (Å²) in [6, 6.07) is 0.